The quantitative estimate of drug-likeness (QED) is 0.159. The van der Waals surface area contributed by atoms with Crippen molar-refractivity contribution in [2.75, 3.05) is 13.7 Å². The van der Waals surface area contributed by atoms with Crippen LogP contribution in [0.1, 0.15) is 6.92 Å². The van der Waals surface area contributed by atoms with E-state index in [-0.39, 0.29) is 34.0 Å². The minimum absolute atomic E-state index is 0.0410. The zero-order valence-electron chi connectivity index (χ0n) is 22.9. The molecule has 2 aromatic carbocycles. The van der Waals surface area contributed by atoms with Gasteiger partial charge in [0.1, 0.15) is 64.9 Å². The van der Waals surface area contributed by atoms with Gasteiger partial charge in [-0.25, -0.2) is 0 Å². The smallest absolute Gasteiger partial charge is 0.229 e. The number of aliphatic hydroxyl groups excluding tert-OH is 6. The number of fused-ring (bicyclic) bond motifs is 1. The highest BCUT2D eigenvalue weighted by molar-refractivity contribution is 5.86. The van der Waals surface area contributed by atoms with Crippen LogP contribution in [0.5, 0.6) is 23.0 Å². The highest BCUT2D eigenvalue weighted by atomic mass is 16.8. The van der Waals surface area contributed by atoms with E-state index in [0.717, 1.165) is 12.1 Å². The number of ether oxygens (including phenoxy) is 5. The van der Waals surface area contributed by atoms with E-state index < -0.39 is 79.2 Å². The summed E-state index contributed by atoms with van der Waals surface area (Å²) >= 11 is 0. The Morgan fingerprint density at radius 1 is 0.837 bits per heavy atom. The standard InChI is InChI=1S/C28H32O15/c1-10-21(33)23(35)25(37)27(39-10)43-26-24(36)22(34)19(9-29)42-28(26)40-12-6-14(31)20-15(32)8-17(41-18(20)7-12)11-3-4-16(38-2)13(30)5-11/h3-8,10,19,21-31,33-37H,9H2,1-2H3/t10-,19+,21+,22-,23+,24-,25-,26-,27+,28-/m1/s1. The Bertz CT molecular complexity index is 1510. The third-order valence-electron chi connectivity index (χ3n) is 7.42. The summed E-state index contributed by atoms with van der Waals surface area (Å²) < 4.78 is 33.5. The van der Waals surface area contributed by atoms with Crippen LogP contribution in [-0.2, 0) is 14.2 Å². The number of phenolic OH excluding ortho intramolecular Hbond substituents is 2. The third kappa shape index (κ3) is 5.86. The molecule has 2 fully saturated rings. The first-order valence-corrected chi connectivity index (χ1v) is 13.3. The Kier molecular flexibility index (Phi) is 8.80. The zero-order chi connectivity index (χ0) is 31.2. The average molecular weight is 609 g/mol. The Morgan fingerprint density at radius 3 is 2.26 bits per heavy atom. The number of rotatable bonds is 7. The Balaban J connectivity index is 1.48. The fourth-order valence-electron chi connectivity index (χ4n) is 5.01. The van der Waals surface area contributed by atoms with E-state index in [0.29, 0.717) is 5.56 Å². The van der Waals surface area contributed by atoms with E-state index in [2.05, 4.69) is 0 Å². The molecule has 1 aromatic heterocycles. The molecule has 2 aliphatic heterocycles. The van der Waals surface area contributed by atoms with Crippen LogP contribution >= 0.6 is 0 Å². The second kappa shape index (κ2) is 12.2. The highest BCUT2D eigenvalue weighted by Gasteiger charge is 2.50. The van der Waals surface area contributed by atoms with Crippen molar-refractivity contribution in [3.05, 3.63) is 46.6 Å². The molecule has 15 heteroatoms. The third-order valence-corrected chi connectivity index (χ3v) is 7.42. The summed E-state index contributed by atoms with van der Waals surface area (Å²) in [5.41, 5.74) is -0.414. The van der Waals surface area contributed by atoms with E-state index in [1.807, 2.05) is 0 Å². The van der Waals surface area contributed by atoms with Gasteiger partial charge in [-0.2, -0.15) is 0 Å². The van der Waals surface area contributed by atoms with Crippen molar-refractivity contribution in [2.24, 2.45) is 0 Å². The first-order valence-electron chi connectivity index (χ1n) is 13.3. The summed E-state index contributed by atoms with van der Waals surface area (Å²) in [6.45, 7) is 0.687. The molecule has 5 rings (SSSR count). The monoisotopic (exact) mass is 608 g/mol. The molecule has 0 spiro atoms. The van der Waals surface area contributed by atoms with Gasteiger partial charge in [-0.1, -0.05) is 0 Å². The fraction of sp³-hybridized carbons (Fsp3) is 0.464. The molecular formula is C28H32O15. The van der Waals surface area contributed by atoms with Crippen LogP contribution in [0.2, 0.25) is 0 Å². The second-order valence-electron chi connectivity index (χ2n) is 10.3. The predicted octanol–water partition coefficient (Wildman–Crippen LogP) is -1.09. The van der Waals surface area contributed by atoms with Gasteiger partial charge in [0.05, 0.1) is 19.8 Å². The van der Waals surface area contributed by atoms with Gasteiger partial charge < -0.3 is 69.0 Å². The molecule has 8 N–H and O–H groups in total. The van der Waals surface area contributed by atoms with Gasteiger partial charge in [-0.3, -0.25) is 4.79 Å². The zero-order valence-corrected chi connectivity index (χ0v) is 22.9. The molecule has 10 atom stereocenters. The largest absolute Gasteiger partial charge is 0.507 e. The first-order chi connectivity index (χ1) is 20.4. The van der Waals surface area contributed by atoms with Gasteiger partial charge >= 0.3 is 0 Å². The molecule has 234 valence electrons. The van der Waals surface area contributed by atoms with Crippen molar-refractivity contribution in [1.82, 2.24) is 0 Å². The van der Waals surface area contributed by atoms with E-state index in [4.69, 9.17) is 28.1 Å². The van der Waals surface area contributed by atoms with Crippen molar-refractivity contribution in [3.63, 3.8) is 0 Å². The van der Waals surface area contributed by atoms with Crippen LogP contribution in [0.4, 0.5) is 0 Å². The summed E-state index contributed by atoms with van der Waals surface area (Å²) in [5.74, 6) is -0.653. The van der Waals surface area contributed by atoms with Crippen LogP contribution in [0.15, 0.2) is 45.6 Å². The fourth-order valence-corrected chi connectivity index (χ4v) is 5.01. The molecule has 15 nitrogen and oxygen atoms in total. The lowest BCUT2D eigenvalue weighted by Crippen LogP contribution is -2.64. The predicted molar refractivity (Wildman–Crippen MR) is 143 cm³/mol. The van der Waals surface area contributed by atoms with Crippen LogP contribution in [-0.4, -0.2) is 116 Å². The van der Waals surface area contributed by atoms with Crippen molar-refractivity contribution in [2.45, 2.75) is 68.3 Å². The molecule has 2 saturated heterocycles. The lowest BCUT2D eigenvalue weighted by molar-refractivity contribution is -0.354. The molecule has 3 aromatic rings. The molecule has 0 saturated carbocycles. The van der Waals surface area contributed by atoms with Gasteiger partial charge in [0.2, 0.25) is 6.29 Å². The lowest BCUT2D eigenvalue weighted by atomic mass is 9.97. The number of methoxy groups -OCH3 is 1. The molecule has 0 unspecified atom stereocenters. The number of benzene rings is 2. The van der Waals surface area contributed by atoms with E-state index in [1.54, 1.807) is 6.07 Å². The molecule has 0 bridgehead atoms. The van der Waals surface area contributed by atoms with Gasteiger partial charge in [0.15, 0.2) is 29.3 Å². The summed E-state index contributed by atoms with van der Waals surface area (Å²) in [7, 11) is 1.38. The minimum Gasteiger partial charge on any atom is -0.507 e. The van der Waals surface area contributed by atoms with Gasteiger partial charge in [0.25, 0.3) is 0 Å². The molecule has 0 radical (unpaired) electrons. The average Bonchev–Trinajstić information content (AvgIpc) is 2.97. The molecule has 0 amide bonds. The SMILES string of the molecule is COc1ccc(-c2cc(=O)c3c(O)cc(O[C@@H]4O[C@@H](CO)[C@@H](O)[C@@H](O)[C@H]4O[C@@H]4O[C@H](C)[C@H](O)[C@H](O)[C@H]4O)cc3o2)cc1O. The maximum atomic E-state index is 12.9. The second-order valence-corrected chi connectivity index (χ2v) is 10.3. The highest BCUT2D eigenvalue weighted by Crippen LogP contribution is 2.36. The number of aliphatic hydroxyl groups is 6. The maximum Gasteiger partial charge on any atom is 0.229 e. The van der Waals surface area contributed by atoms with E-state index in [9.17, 15) is 45.6 Å². The number of hydrogen-bond acceptors (Lipinski definition) is 15. The number of phenols is 2. The topological polar surface area (TPSA) is 238 Å². The lowest BCUT2D eigenvalue weighted by Gasteiger charge is -2.45. The Hall–Kier alpha value is -3.51. The molecule has 0 aliphatic carbocycles. The maximum absolute atomic E-state index is 12.9. The minimum atomic E-state index is -1.77. The summed E-state index contributed by atoms with van der Waals surface area (Å²) in [5, 5.41) is 82.2. The van der Waals surface area contributed by atoms with Crippen molar-refractivity contribution in [3.8, 4) is 34.3 Å². The van der Waals surface area contributed by atoms with Crippen molar-refractivity contribution < 1.29 is 69.0 Å². The molecule has 2 aliphatic rings. The van der Waals surface area contributed by atoms with Crippen LogP contribution in [0.3, 0.4) is 0 Å². The van der Waals surface area contributed by atoms with Gasteiger partial charge in [0, 0.05) is 23.8 Å². The van der Waals surface area contributed by atoms with Crippen molar-refractivity contribution in [1.29, 1.82) is 0 Å². The number of aromatic hydroxyl groups is 2. The normalized spacial score (nSPS) is 32.9. The van der Waals surface area contributed by atoms with Crippen LogP contribution < -0.4 is 14.9 Å². The Labute approximate surface area is 243 Å². The first kappa shape index (κ1) is 30.9. The molecule has 3 heterocycles. The van der Waals surface area contributed by atoms with Crippen LogP contribution in [0, 0.1) is 0 Å². The summed E-state index contributed by atoms with van der Waals surface area (Å²) in [6.07, 6.45) is -15.4. The van der Waals surface area contributed by atoms with Crippen molar-refractivity contribution >= 4 is 11.0 Å². The molecule has 43 heavy (non-hydrogen) atoms. The van der Waals surface area contributed by atoms with Gasteiger partial charge in [-0.05, 0) is 25.1 Å². The van der Waals surface area contributed by atoms with Gasteiger partial charge in [-0.15, -0.1) is 0 Å². The van der Waals surface area contributed by atoms with Crippen LogP contribution in [0.25, 0.3) is 22.3 Å². The van der Waals surface area contributed by atoms with E-state index in [1.165, 1.54) is 32.2 Å². The summed E-state index contributed by atoms with van der Waals surface area (Å²) in [4.78, 5) is 12.9. The Morgan fingerprint density at radius 2 is 1.58 bits per heavy atom. The summed E-state index contributed by atoms with van der Waals surface area (Å²) in [6, 6.07) is 7.77. The van der Waals surface area contributed by atoms with E-state index >= 15 is 0 Å². The number of hydrogen-bond donors (Lipinski definition) is 8. The molecular weight excluding hydrogens is 576 g/mol.